The van der Waals surface area contributed by atoms with Crippen LogP contribution in [0.2, 0.25) is 0 Å². The van der Waals surface area contributed by atoms with Crippen molar-refractivity contribution in [3.8, 4) is 11.3 Å². The minimum absolute atomic E-state index is 0.148. The average molecular weight is 315 g/mol. The van der Waals surface area contributed by atoms with E-state index in [9.17, 15) is 4.79 Å². The molecule has 1 aromatic heterocycles. The van der Waals surface area contributed by atoms with Gasteiger partial charge in [0.25, 0.3) is 0 Å². The van der Waals surface area contributed by atoms with Crippen molar-refractivity contribution in [2.24, 2.45) is 5.11 Å². The highest BCUT2D eigenvalue weighted by Gasteiger charge is 2.31. The van der Waals surface area contributed by atoms with Crippen molar-refractivity contribution in [1.82, 2.24) is 4.98 Å². The van der Waals surface area contributed by atoms with Gasteiger partial charge in [-0.1, -0.05) is 17.2 Å². The van der Waals surface area contributed by atoms with Crippen molar-refractivity contribution in [1.29, 1.82) is 0 Å². The van der Waals surface area contributed by atoms with E-state index in [1.54, 1.807) is 11.3 Å². The fourth-order valence-corrected chi connectivity index (χ4v) is 2.89. The van der Waals surface area contributed by atoms with Gasteiger partial charge < -0.3 is 4.74 Å². The van der Waals surface area contributed by atoms with Crippen LogP contribution < -0.4 is 4.90 Å². The van der Waals surface area contributed by atoms with Gasteiger partial charge in [-0.05, 0) is 24.6 Å². The highest BCUT2D eigenvalue weighted by molar-refractivity contribution is 7.09. The highest BCUT2D eigenvalue weighted by Crippen LogP contribution is 2.26. The molecule has 22 heavy (non-hydrogen) atoms. The number of carbonyl (C=O) groups excluding carboxylic acids is 1. The van der Waals surface area contributed by atoms with Crippen molar-refractivity contribution < 1.29 is 9.53 Å². The molecule has 1 amide bonds. The van der Waals surface area contributed by atoms with Crippen LogP contribution in [0.4, 0.5) is 10.5 Å². The van der Waals surface area contributed by atoms with E-state index in [4.69, 9.17) is 10.3 Å². The third-order valence-corrected chi connectivity index (χ3v) is 4.09. The predicted octanol–water partition coefficient (Wildman–Crippen LogP) is 3.75. The Morgan fingerprint density at radius 3 is 2.91 bits per heavy atom. The topological polar surface area (TPSA) is 91.2 Å². The third-order valence-electron chi connectivity index (χ3n) is 3.32. The predicted molar refractivity (Wildman–Crippen MR) is 83.9 cm³/mol. The summed E-state index contributed by atoms with van der Waals surface area (Å²) in [7, 11) is 0. The largest absolute Gasteiger partial charge is 0.444 e. The van der Waals surface area contributed by atoms with E-state index in [0.717, 1.165) is 22.0 Å². The molecule has 2 aromatic rings. The second-order valence-electron chi connectivity index (χ2n) is 4.83. The Bertz CT molecular complexity index is 736. The van der Waals surface area contributed by atoms with Crippen LogP contribution in [0.5, 0.6) is 0 Å². The SMILES string of the molecule is Cc1nc(-c2ccc(N3CC(CN=[N+]=[N-])OC3=O)cc2)cs1. The van der Waals surface area contributed by atoms with Gasteiger partial charge in [-0.2, -0.15) is 0 Å². The molecule has 1 aromatic carbocycles. The number of cyclic esters (lactones) is 1. The van der Waals surface area contributed by atoms with Gasteiger partial charge in [0, 0.05) is 21.5 Å². The van der Waals surface area contributed by atoms with Gasteiger partial charge in [-0.15, -0.1) is 11.3 Å². The molecular formula is C14H13N5O2S. The molecule has 1 saturated heterocycles. The Kier molecular flexibility index (Phi) is 3.95. The maximum atomic E-state index is 11.9. The fraction of sp³-hybridized carbons (Fsp3) is 0.286. The molecule has 1 atom stereocenters. The van der Waals surface area contributed by atoms with Crippen LogP contribution >= 0.6 is 11.3 Å². The molecule has 0 N–H and O–H groups in total. The lowest BCUT2D eigenvalue weighted by Gasteiger charge is -2.13. The number of benzene rings is 1. The number of nitrogens with zero attached hydrogens (tertiary/aromatic N) is 5. The van der Waals surface area contributed by atoms with Gasteiger partial charge in [0.2, 0.25) is 0 Å². The highest BCUT2D eigenvalue weighted by atomic mass is 32.1. The van der Waals surface area contributed by atoms with Crippen molar-refractivity contribution in [3.63, 3.8) is 0 Å². The number of aromatic nitrogens is 1. The average Bonchev–Trinajstić information content (AvgIpc) is 3.11. The Labute approximate surface area is 130 Å². The van der Waals surface area contributed by atoms with Gasteiger partial charge in [-0.3, -0.25) is 4.90 Å². The number of amides is 1. The number of aryl methyl sites for hydroxylation is 1. The minimum atomic E-state index is -0.421. The van der Waals surface area contributed by atoms with E-state index in [0.29, 0.717) is 6.54 Å². The molecule has 3 rings (SSSR count). The molecule has 112 valence electrons. The zero-order valence-electron chi connectivity index (χ0n) is 11.8. The van der Waals surface area contributed by atoms with Gasteiger partial charge in [-0.25, -0.2) is 9.78 Å². The van der Waals surface area contributed by atoms with Crippen molar-refractivity contribution in [3.05, 3.63) is 45.1 Å². The van der Waals surface area contributed by atoms with Gasteiger partial charge in [0.15, 0.2) is 0 Å². The molecule has 1 aliphatic rings. The minimum Gasteiger partial charge on any atom is -0.444 e. The maximum absolute atomic E-state index is 11.9. The van der Waals surface area contributed by atoms with Crippen LogP contribution in [0.25, 0.3) is 21.7 Å². The van der Waals surface area contributed by atoms with E-state index < -0.39 is 12.2 Å². The molecule has 2 heterocycles. The number of ether oxygens (including phenoxy) is 1. The van der Waals surface area contributed by atoms with E-state index in [1.807, 2.05) is 36.6 Å². The summed E-state index contributed by atoms with van der Waals surface area (Å²) in [6.45, 7) is 2.49. The first kappa shape index (κ1) is 14.4. The molecule has 0 aliphatic carbocycles. The van der Waals surface area contributed by atoms with E-state index >= 15 is 0 Å². The Balaban J connectivity index is 1.75. The molecule has 0 spiro atoms. The Morgan fingerprint density at radius 2 is 2.27 bits per heavy atom. The summed E-state index contributed by atoms with van der Waals surface area (Å²) < 4.78 is 5.16. The zero-order chi connectivity index (χ0) is 15.5. The van der Waals surface area contributed by atoms with Crippen molar-refractivity contribution in [2.45, 2.75) is 13.0 Å². The number of thiazole rings is 1. The molecular weight excluding hydrogens is 302 g/mol. The van der Waals surface area contributed by atoms with Crippen molar-refractivity contribution in [2.75, 3.05) is 18.0 Å². The van der Waals surface area contributed by atoms with Gasteiger partial charge >= 0.3 is 6.09 Å². The molecule has 1 aliphatic heterocycles. The Morgan fingerprint density at radius 1 is 1.50 bits per heavy atom. The lowest BCUT2D eigenvalue weighted by molar-refractivity contribution is 0.145. The van der Waals surface area contributed by atoms with E-state index in [2.05, 4.69) is 15.0 Å². The number of hydrogen-bond acceptors (Lipinski definition) is 5. The maximum Gasteiger partial charge on any atom is 0.414 e. The molecule has 0 radical (unpaired) electrons. The molecule has 0 bridgehead atoms. The van der Waals surface area contributed by atoms with Crippen LogP contribution in [-0.2, 0) is 4.74 Å². The summed E-state index contributed by atoms with van der Waals surface area (Å²) in [6, 6.07) is 7.58. The second-order valence-corrected chi connectivity index (χ2v) is 5.89. The lowest BCUT2D eigenvalue weighted by atomic mass is 10.1. The molecule has 7 nitrogen and oxygen atoms in total. The second kappa shape index (κ2) is 6.05. The summed E-state index contributed by atoms with van der Waals surface area (Å²) in [5.74, 6) is 0. The number of rotatable bonds is 4. The summed E-state index contributed by atoms with van der Waals surface area (Å²) in [5, 5.41) is 6.46. The first-order valence-corrected chi connectivity index (χ1v) is 7.57. The number of anilines is 1. The Hall–Kier alpha value is -2.57. The molecule has 0 saturated carbocycles. The van der Waals surface area contributed by atoms with E-state index in [1.165, 1.54) is 4.90 Å². The van der Waals surface area contributed by atoms with Crippen LogP contribution in [0.1, 0.15) is 5.01 Å². The quantitative estimate of drug-likeness (QED) is 0.488. The monoisotopic (exact) mass is 315 g/mol. The third kappa shape index (κ3) is 2.88. The first-order valence-electron chi connectivity index (χ1n) is 6.69. The summed E-state index contributed by atoms with van der Waals surface area (Å²) >= 11 is 1.60. The standard InChI is InChI=1S/C14H13N5O2S/c1-9-17-13(8-22-9)10-2-4-11(5-3-10)19-7-12(6-16-18-15)21-14(19)20/h2-5,8,12H,6-7H2,1H3. The van der Waals surface area contributed by atoms with E-state index in [-0.39, 0.29) is 6.54 Å². The molecule has 1 fully saturated rings. The number of carbonyl (C=O) groups is 1. The number of hydrogen-bond donors (Lipinski definition) is 0. The normalized spacial score (nSPS) is 17.2. The summed E-state index contributed by atoms with van der Waals surface area (Å²) in [4.78, 5) is 20.5. The van der Waals surface area contributed by atoms with Crippen molar-refractivity contribution >= 4 is 23.1 Å². The lowest BCUT2D eigenvalue weighted by Crippen LogP contribution is -2.24. The van der Waals surface area contributed by atoms with Crippen LogP contribution in [0, 0.1) is 6.92 Å². The van der Waals surface area contributed by atoms with Crippen LogP contribution in [0.3, 0.4) is 0 Å². The smallest absolute Gasteiger partial charge is 0.414 e. The fourth-order valence-electron chi connectivity index (χ4n) is 2.26. The molecule has 8 heteroatoms. The number of azide groups is 1. The van der Waals surface area contributed by atoms with Gasteiger partial charge in [0.1, 0.15) is 6.10 Å². The van der Waals surface area contributed by atoms with Crippen LogP contribution in [0.15, 0.2) is 34.8 Å². The summed E-state index contributed by atoms with van der Waals surface area (Å²) in [6.07, 6.45) is -0.820. The first-order chi connectivity index (χ1) is 10.7. The summed E-state index contributed by atoms with van der Waals surface area (Å²) in [5.41, 5.74) is 11.0. The molecule has 1 unspecified atom stereocenters. The van der Waals surface area contributed by atoms with Gasteiger partial charge in [0.05, 0.1) is 23.8 Å². The van der Waals surface area contributed by atoms with Crippen LogP contribution in [-0.4, -0.2) is 30.3 Å². The zero-order valence-corrected chi connectivity index (χ0v) is 12.7.